The van der Waals surface area contributed by atoms with E-state index in [9.17, 15) is 28.9 Å². The number of phosphoric ester groups is 1. The number of phosphoric acid groups is 1. The van der Waals surface area contributed by atoms with Gasteiger partial charge in [-0.25, -0.2) is 4.57 Å². The number of aliphatic hydroxyl groups is 1. The molecule has 0 aliphatic rings. The molecule has 0 fully saturated rings. The van der Waals surface area contributed by atoms with Gasteiger partial charge in [0.2, 0.25) is 0 Å². The molecule has 0 spiro atoms. The van der Waals surface area contributed by atoms with Crippen molar-refractivity contribution < 1.29 is 52.2 Å². The molecule has 0 aliphatic carbocycles. The van der Waals surface area contributed by atoms with Crippen molar-refractivity contribution >= 4 is 25.7 Å². The van der Waals surface area contributed by atoms with Crippen LogP contribution in [0.15, 0.2) is 109 Å². The molecule has 0 bridgehead atoms. The van der Waals surface area contributed by atoms with E-state index in [1.165, 1.54) is 32.1 Å². The smallest absolute Gasteiger partial charge is 0.462 e. The summed E-state index contributed by atoms with van der Waals surface area (Å²) in [4.78, 5) is 48.3. The Hall–Kier alpha value is -3.86. The molecule has 0 heterocycles. The van der Waals surface area contributed by atoms with Crippen LogP contribution in [0.1, 0.15) is 201 Å². The fourth-order valence-electron chi connectivity index (χ4n) is 6.67. The first kappa shape index (κ1) is 66.1. The first-order chi connectivity index (χ1) is 34.2. The zero-order valence-electron chi connectivity index (χ0n) is 43.7. The fraction of sp³-hybridized carbons (Fsp3) is 0.638. The molecule has 2 N–H and O–H groups in total. The molecular formula is C58H95O11P. The average molecular weight is 999 g/mol. The summed E-state index contributed by atoms with van der Waals surface area (Å²) >= 11 is 0. The van der Waals surface area contributed by atoms with Crippen molar-refractivity contribution in [2.75, 3.05) is 26.4 Å². The van der Waals surface area contributed by atoms with Crippen molar-refractivity contribution in [1.82, 2.24) is 0 Å². The van der Waals surface area contributed by atoms with Crippen LogP contribution in [-0.2, 0) is 42.2 Å². The van der Waals surface area contributed by atoms with Gasteiger partial charge in [0.05, 0.1) is 19.8 Å². The molecule has 0 saturated carbocycles. The van der Waals surface area contributed by atoms with Gasteiger partial charge in [-0.1, -0.05) is 188 Å². The lowest BCUT2D eigenvalue weighted by atomic mass is 10.1. The van der Waals surface area contributed by atoms with Crippen LogP contribution in [0, 0.1) is 0 Å². The first-order valence-corrected chi connectivity index (χ1v) is 28.3. The Bertz CT molecular complexity index is 1590. The van der Waals surface area contributed by atoms with Crippen LogP contribution in [0.2, 0.25) is 0 Å². The van der Waals surface area contributed by atoms with Gasteiger partial charge in [0.15, 0.2) is 6.10 Å². The zero-order chi connectivity index (χ0) is 51.3. The van der Waals surface area contributed by atoms with Crippen LogP contribution >= 0.6 is 7.82 Å². The predicted octanol–water partition coefficient (Wildman–Crippen LogP) is 15.5. The molecule has 0 saturated heterocycles. The van der Waals surface area contributed by atoms with E-state index in [1.54, 1.807) is 0 Å². The second-order valence-corrected chi connectivity index (χ2v) is 18.7. The number of unbranched alkanes of at least 4 members (excludes halogenated alkanes) is 13. The van der Waals surface area contributed by atoms with Gasteiger partial charge in [0.1, 0.15) is 12.7 Å². The number of ether oxygens (including phenoxy) is 3. The Morgan fingerprint density at radius 3 is 1.17 bits per heavy atom. The van der Waals surface area contributed by atoms with Gasteiger partial charge in [0.25, 0.3) is 0 Å². The molecule has 0 aromatic heterocycles. The van der Waals surface area contributed by atoms with Gasteiger partial charge >= 0.3 is 25.7 Å². The molecule has 12 heteroatoms. The third-order valence-corrected chi connectivity index (χ3v) is 11.6. The lowest BCUT2D eigenvalue weighted by Crippen LogP contribution is -2.30. The maximum atomic E-state index is 12.8. The van der Waals surface area contributed by atoms with E-state index < -0.39 is 57.8 Å². The molecule has 0 rings (SSSR count). The van der Waals surface area contributed by atoms with Crippen LogP contribution in [0.25, 0.3) is 0 Å². The molecule has 0 aliphatic heterocycles. The highest BCUT2D eigenvalue weighted by atomic mass is 31.2. The molecule has 3 unspecified atom stereocenters. The van der Waals surface area contributed by atoms with E-state index in [0.717, 1.165) is 109 Å². The summed E-state index contributed by atoms with van der Waals surface area (Å²) < 4.78 is 39.3. The van der Waals surface area contributed by atoms with E-state index in [1.807, 2.05) is 0 Å². The lowest BCUT2D eigenvalue weighted by molar-refractivity contribution is -0.161. The second-order valence-electron chi connectivity index (χ2n) is 17.3. The fourth-order valence-corrected chi connectivity index (χ4v) is 7.45. The quantitative estimate of drug-likeness (QED) is 0.0197. The average Bonchev–Trinajstić information content (AvgIpc) is 3.35. The monoisotopic (exact) mass is 999 g/mol. The van der Waals surface area contributed by atoms with Gasteiger partial charge in [-0.15, -0.1) is 0 Å². The molecule has 398 valence electrons. The van der Waals surface area contributed by atoms with E-state index in [4.69, 9.17) is 23.3 Å². The molecule has 0 amide bonds. The predicted molar refractivity (Wildman–Crippen MR) is 288 cm³/mol. The number of allylic oxidation sites excluding steroid dienone is 18. The number of rotatable bonds is 48. The normalized spacial score (nSPS) is 14.3. The van der Waals surface area contributed by atoms with Crippen molar-refractivity contribution in [3.05, 3.63) is 109 Å². The van der Waals surface area contributed by atoms with E-state index in [0.29, 0.717) is 19.3 Å². The molecule has 11 nitrogen and oxygen atoms in total. The highest BCUT2D eigenvalue weighted by Gasteiger charge is 2.28. The minimum Gasteiger partial charge on any atom is -0.462 e. The van der Waals surface area contributed by atoms with Crippen LogP contribution in [-0.4, -0.2) is 66.5 Å². The summed E-state index contributed by atoms with van der Waals surface area (Å²) in [5.41, 5.74) is 0. The minimum absolute atomic E-state index is 0.118. The van der Waals surface area contributed by atoms with Crippen molar-refractivity contribution in [3.8, 4) is 0 Å². The van der Waals surface area contributed by atoms with Gasteiger partial charge in [-0.3, -0.25) is 23.4 Å². The van der Waals surface area contributed by atoms with Crippen LogP contribution < -0.4 is 0 Å². The topological polar surface area (TPSA) is 155 Å². The van der Waals surface area contributed by atoms with Crippen LogP contribution in [0.3, 0.4) is 0 Å². The Balaban J connectivity index is 4.79. The molecule has 0 radical (unpaired) electrons. The third-order valence-electron chi connectivity index (χ3n) is 10.7. The van der Waals surface area contributed by atoms with Gasteiger partial charge < -0.3 is 24.2 Å². The third kappa shape index (κ3) is 49.1. The summed E-state index contributed by atoms with van der Waals surface area (Å²) in [6, 6.07) is 0. The maximum absolute atomic E-state index is 12.8. The molecule has 70 heavy (non-hydrogen) atoms. The van der Waals surface area contributed by atoms with Crippen LogP contribution in [0.5, 0.6) is 0 Å². The second kappa shape index (κ2) is 51.5. The summed E-state index contributed by atoms with van der Waals surface area (Å²) in [7, 11) is -4.77. The minimum atomic E-state index is -4.77. The SMILES string of the molecule is CC/C=C\C/C=C\C/C=C\C/C=C\C/C=C\CCCCCC(=O)OC(COC(=O)CCCCCCCCCCC)COP(=O)(O)OCC(CO)OC(=O)CCCC/C=C\C/C=C\C/C=C\C/C=C\CC. The Labute approximate surface area is 425 Å². The summed E-state index contributed by atoms with van der Waals surface area (Å²) in [5.74, 6) is -1.56. The first-order valence-electron chi connectivity index (χ1n) is 26.8. The van der Waals surface area contributed by atoms with Crippen molar-refractivity contribution in [1.29, 1.82) is 0 Å². The van der Waals surface area contributed by atoms with Crippen molar-refractivity contribution in [2.24, 2.45) is 0 Å². The van der Waals surface area contributed by atoms with Gasteiger partial charge in [-0.2, -0.15) is 0 Å². The Morgan fingerprint density at radius 2 is 0.743 bits per heavy atom. The number of hydrogen-bond acceptors (Lipinski definition) is 10. The summed E-state index contributed by atoms with van der Waals surface area (Å²) in [5, 5.41) is 9.78. The van der Waals surface area contributed by atoms with E-state index >= 15 is 0 Å². The molecule has 0 aromatic carbocycles. The largest absolute Gasteiger partial charge is 0.472 e. The summed E-state index contributed by atoms with van der Waals surface area (Å²) in [6.45, 7) is 4.28. The number of hydrogen-bond donors (Lipinski definition) is 2. The van der Waals surface area contributed by atoms with Crippen LogP contribution in [0.4, 0.5) is 0 Å². The highest BCUT2D eigenvalue weighted by Crippen LogP contribution is 2.43. The Morgan fingerprint density at radius 1 is 0.414 bits per heavy atom. The van der Waals surface area contributed by atoms with Crippen molar-refractivity contribution in [2.45, 2.75) is 213 Å². The standard InChI is InChI=1S/C58H95O11P/c1-4-7-10-13-16-19-21-23-25-26-27-28-30-32-34-37-40-43-46-49-58(62)69-55(51-65-56(60)47-44-41-38-35-18-15-12-9-6-3)53-67-70(63,64)66-52-54(50-59)68-57(61)48-45-42-39-36-33-31-29-24-22-20-17-14-11-8-5-2/h7-8,10-11,16-17,19-20,23-25,27-29,32-34,36,54-55,59H,4-6,9,12-15,18,21-22,26,30-31,35,37-53H2,1-3H3,(H,63,64)/b10-7-,11-8-,19-16-,20-17-,25-23-,28-27-,29-24-,34-32-,36-33-. The molecular weight excluding hydrogens is 904 g/mol. The number of carbonyl (C=O) groups excluding carboxylic acids is 3. The number of carbonyl (C=O) groups is 3. The molecule has 3 atom stereocenters. The van der Waals surface area contributed by atoms with Crippen molar-refractivity contribution in [3.63, 3.8) is 0 Å². The zero-order valence-corrected chi connectivity index (χ0v) is 44.6. The molecule has 0 aromatic rings. The number of aliphatic hydroxyl groups excluding tert-OH is 1. The van der Waals surface area contributed by atoms with E-state index in [-0.39, 0.29) is 25.9 Å². The van der Waals surface area contributed by atoms with Gasteiger partial charge in [-0.05, 0) is 103 Å². The lowest BCUT2D eigenvalue weighted by Gasteiger charge is -2.21. The summed E-state index contributed by atoms with van der Waals surface area (Å²) in [6.07, 6.45) is 60.7. The van der Waals surface area contributed by atoms with Gasteiger partial charge in [0, 0.05) is 19.3 Å². The maximum Gasteiger partial charge on any atom is 0.472 e. The van der Waals surface area contributed by atoms with E-state index in [2.05, 4.69) is 130 Å². The number of esters is 3. The Kier molecular flexibility index (Phi) is 48.7. The highest BCUT2D eigenvalue weighted by molar-refractivity contribution is 7.47.